The Morgan fingerprint density at radius 3 is 2.25 bits per heavy atom. The highest BCUT2D eigenvalue weighted by molar-refractivity contribution is 5.29. The van der Waals surface area contributed by atoms with Crippen LogP contribution in [0.2, 0.25) is 0 Å². The highest BCUT2D eigenvalue weighted by Gasteiger charge is 2.19. The van der Waals surface area contributed by atoms with Gasteiger partial charge in [0.15, 0.2) is 0 Å². The summed E-state index contributed by atoms with van der Waals surface area (Å²) >= 11 is 0. The highest BCUT2D eigenvalue weighted by atomic mass is 16.5. The predicted octanol–water partition coefficient (Wildman–Crippen LogP) is 4.03. The van der Waals surface area contributed by atoms with Gasteiger partial charge >= 0.3 is 0 Å². The first-order chi connectivity index (χ1) is 9.60. The van der Waals surface area contributed by atoms with Gasteiger partial charge in [0.25, 0.3) is 0 Å². The topological polar surface area (TPSA) is 21.3 Å². The lowest BCUT2D eigenvalue weighted by atomic mass is 10.0. The van der Waals surface area contributed by atoms with Crippen LogP contribution in [0.1, 0.15) is 29.7 Å². The normalized spacial score (nSPS) is 13.8. The highest BCUT2D eigenvalue weighted by Crippen LogP contribution is 2.22. The lowest BCUT2D eigenvalue weighted by molar-refractivity contribution is 0.175. The average molecular weight is 269 g/mol. The first-order valence-electron chi connectivity index (χ1n) is 7.07. The van der Waals surface area contributed by atoms with E-state index in [-0.39, 0.29) is 12.1 Å². The minimum atomic E-state index is 0.0597. The summed E-state index contributed by atoms with van der Waals surface area (Å²) in [5, 5.41) is 3.35. The van der Waals surface area contributed by atoms with Gasteiger partial charge in [-0.2, -0.15) is 0 Å². The van der Waals surface area contributed by atoms with E-state index in [0.717, 1.165) is 5.75 Å². The Morgan fingerprint density at radius 2 is 1.65 bits per heavy atom. The molecule has 0 saturated heterocycles. The third-order valence-corrected chi connectivity index (χ3v) is 3.53. The number of aryl methyl sites for hydroxylation is 2. The van der Waals surface area contributed by atoms with E-state index < -0.39 is 0 Å². The molecule has 0 aliphatic rings. The number of benzene rings is 2. The van der Waals surface area contributed by atoms with Crippen LogP contribution < -0.4 is 10.1 Å². The van der Waals surface area contributed by atoms with E-state index in [0.29, 0.717) is 0 Å². The molecule has 0 fully saturated rings. The van der Waals surface area contributed by atoms with Crippen LogP contribution in [0.25, 0.3) is 0 Å². The molecule has 0 aromatic heterocycles. The van der Waals surface area contributed by atoms with E-state index in [4.69, 9.17) is 4.74 Å². The molecule has 2 atom stereocenters. The molecule has 2 rings (SSSR count). The number of nitrogens with one attached hydrogen (secondary N) is 1. The fraction of sp³-hybridized carbons (Fsp3) is 0.333. The second-order valence-electron chi connectivity index (χ2n) is 5.32. The van der Waals surface area contributed by atoms with Gasteiger partial charge in [0.05, 0.1) is 6.04 Å². The molecule has 0 saturated carbocycles. The van der Waals surface area contributed by atoms with E-state index in [9.17, 15) is 0 Å². The van der Waals surface area contributed by atoms with Crippen molar-refractivity contribution in [2.45, 2.75) is 32.9 Å². The number of hydrogen-bond donors (Lipinski definition) is 1. The van der Waals surface area contributed by atoms with Gasteiger partial charge in [-0.15, -0.1) is 0 Å². The van der Waals surface area contributed by atoms with Crippen LogP contribution in [0, 0.1) is 13.8 Å². The molecule has 2 heteroatoms. The maximum atomic E-state index is 6.07. The van der Waals surface area contributed by atoms with Crippen molar-refractivity contribution < 1.29 is 4.74 Å². The van der Waals surface area contributed by atoms with Gasteiger partial charge in [-0.05, 0) is 51.1 Å². The van der Waals surface area contributed by atoms with Crippen molar-refractivity contribution in [2.24, 2.45) is 0 Å². The minimum Gasteiger partial charge on any atom is -0.489 e. The summed E-state index contributed by atoms with van der Waals surface area (Å²) in [5.41, 5.74) is 3.74. The summed E-state index contributed by atoms with van der Waals surface area (Å²) in [5.74, 6) is 0.921. The van der Waals surface area contributed by atoms with Crippen molar-refractivity contribution in [3.63, 3.8) is 0 Å². The van der Waals surface area contributed by atoms with Crippen molar-refractivity contribution >= 4 is 0 Å². The van der Waals surface area contributed by atoms with Crippen LogP contribution in [0.4, 0.5) is 0 Å². The van der Waals surface area contributed by atoms with Crippen molar-refractivity contribution in [1.82, 2.24) is 5.32 Å². The molecule has 2 aromatic rings. The lowest BCUT2D eigenvalue weighted by Crippen LogP contribution is -2.31. The zero-order valence-electron chi connectivity index (χ0n) is 12.7. The third-order valence-electron chi connectivity index (χ3n) is 3.53. The molecule has 1 N–H and O–H groups in total. The smallest absolute Gasteiger partial charge is 0.120 e. The number of ether oxygens (including phenoxy) is 1. The number of hydrogen-bond acceptors (Lipinski definition) is 2. The van der Waals surface area contributed by atoms with Crippen LogP contribution in [0.15, 0.2) is 48.5 Å². The average Bonchev–Trinajstić information content (AvgIpc) is 2.42. The Bertz CT molecular complexity index is 548. The molecule has 2 unspecified atom stereocenters. The molecule has 2 nitrogen and oxygen atoms in total. The Kier molecular flexibility index (Phi) is 4.80. The predicted molar refractivity (Wildman–Crippen MR) is 84.2 cm³/mol. The van der Waals surface area contributed by atoms with Crippen LogP contribution in [0.5, 0.6) is 5.75 Å². The number of likely N-dealkylation sites (N-methyl/N-ethyl adjacent to an activating group) is 1. The maximum absolute atomic E-state index is 6.07. The molecule has 0 bridgehead atoms. The molecule has 0 radical (unpaired) electrons. The van der Waals surface area contributed by atoms with Crippen LogP contribution in [0.3, 0.4) is 0 Å². The fourth-order valence-corrected chi connectivity index (χ4v) is 2.42. The van der Waals surface area contributed by atoms with Crippen molar-refractivity contribution in [3.05, 3.63) is 65.2 Å². The summed E-state index contributed by atoms with van der Waals surface area (Å²) in [6.45, 7) is 6.28. The zero-order chi connectivity index (χ0) is 14.5. The molecular formula is C18H23NO. The molecule has 0 heterocycles. The zero-order valence-corrected chi connectivity index (χ0v) is 12.7. The molecule has 20 heavy (non-hydrogen) atoms. The van der Waals surface area contributed by atoms with Gasteiger partial charge in [0, 0.05) is 0 Å². The van der Waals surface area contributed by atoms with Gasteiger partial charge in [-0.25, -0.2) is 0 Å². The lowest BCUT2D eigenvalue weighted by Gasteiger charge is -2.25. The van der Waals surface area contributed by atoms with E-state index in [2.05, 4.69) is 62.5 Å². The third kappa shape index (κ3) is 3.61. The standard InChI is InChI=1S/C18H23NO/c1-13-8-10-16(11-9-13)18(19-4)15(3)20-17-7-5-6-14(2)12-17/h5-12,15,18-19H,1-4H3. The summed E-state index contributed by atoms with van der Waals surface area (Å²) in [6.07, 6.45) is 0.0597. The van der Waals surface area contributed by atoms with Crippen LogP contribution >= 0.6 is 0 Å². The summed E-state index contributed by atoms with van der Waals surface area (Å²) in [4.78, 5) is 0. The second kappa shape index (κ2) is 6.58. The Balaban J connectivity index is 2.13. The van der Waals surface area contributed by atoms with E-state index in [1.165, 1.54) is 16.7 Å². The Morgan fingerprint density at radius 1 is 0.950 bits per heavy atom. The first kappa shape index (κ1) is 14.6. The van der Waals surface area contributed by atoms with Gasteiger partial charge < -0.3 is 10.1 Å². The second-order valence-corrected chi connectivity index (χ2v) is 5.32. The van der Waals surface area contributed by atoms with Crippen LogP contribution in [-0.4, -0.2) is 13.2 Å². The van der Waals surface area contributed by atoms with Gasteiger partial charge in [0.2, 0.25) is 0 Å². The van der Waals surface area contributed by atoms with Gasteiger partial charge in [0.1, 0.15) is 11.9 Å². The monoisotopic (exact) mass is 269 g/mol. The SMILES string of the molecule is CNC(c1ccc(C)cc1)C(C)Oc1cccc(C)c1. The Hall–Kier alpha value is -1.80. The number of rotatable bonds is 5. The summed E-state index contributed by atoms with van der Waals surface area (Å²) in [6, 6.07) is 16.9. The van der Waals surface area contributed by atoms with Crippen molar-refractivity contribution in [1.29, 1.82) is 0 Å². The van der Waals surface area contributed by atoms with E-state index >= 15 is 0 Å². The Labute approximate surface area is 121 Å². The van der Waals surface area contributed by atoms with Crippen LogP contribution in [-0.2, 0) is 0 Å². The largest absolute Gasteiger partial charge is 0.489 e. The first-order valence-corrected chi connectivity index (χ1v) is 7.07. The van der Waals surface area contributed by atoms with Gasteiger partial charge in [-0.3, -0.25) is 0 Å². The molecule has 0 amide bonds. The van der Waals surface area contributed by atoms with Crippen molar-refractivity contribution in [3.8, 4) is 5.75 Å². The molecule has 106 valence electrons. The minimum absolute atomic E-state index is 0.0597. The molecule has 0 aliphatic heterocycles. The van der Waals surface area contributed by atoms with E-state index in [1.807, 2.05) is 19.2 Å². The van der Waals surface area contributed by atoms with Crippen molar-refractivity contribution in [2.75, 3.05) is 7.05 Å². The molecule has 0 spiro atoms. The summed E-state index contributed by atoms with van der Waals surface area (Å²) < 4.78 is 6.07. The molecule has 0 aliphatic carbocycles. The quantitative estimate of drug-likeness (QED) is 0.884. The molecule has 2 aromatic carbocycles. The maximum Gasteiger partial charge on any atom is 0.120 e. The van der Waals surface area contributed by atoms with E-state index in [1.54, 1.807) is 0 Å². The summed E-state index contributed by atoms with van der Waals surface area (Å²) in [7, 11) is 1.97. The van der Waals surface area contributed by atoms with Gasteiger partial charge in [-0.1, -0.05) is 42.0 Å². The fourth-order valence-electron chi connectivity index (χ4n) is 2.42. The molecular weight excluding hydrogens is 246 g/mol.